The Morgan fingerprint density at radius 2 is 2.06 bits per heavy atom. The summed E-state index contributed by atoms with van der Waals surface area (Å²) in [5.41, 5.74) is 1.40. The summed E-state index contributed by atoms with van der Waals surface area (Å²) in [6.07, 6.45) is 7.18. The maximum Gasteiger partial charge on any atom is 0.133 e. The van der Waals surface area contributed by atoms with E-state index < -0.39 is 0 Å². The minimum Gasteiger partial charge on any atom is -0.356 e. The van der Waals surface area contributed by atoms with Crippen LogP contribution in [0.2, 0.25) is 0 Å². The van der Waals surface area contributed by atoms with E-state index >= 15 is 0 Å². The van der Waals surface area contributed by atoms with Crippen molar-refractivity contribution in [2.75, 3.05) is 24.5 Å². The zero-order valence-corrected chi connectivity index (χ0v) is 9.65. The molecule has 0 aliphatic carbocycles. The van der Waals surface area contributed by atoms with Gasteiger partial charge in [0.05, 0.1) is 0 Å². The first-order valence-corrected chi connectivity index (χ1v) is 6.38. The van der Waals surface area contributed by atoms with Crippen molar-refractivity contribution in [2.45, 2.75) is 31.7 Å². The van der Waals surface area contributed by atoms with Crippen molar-refractivity contribution in [1.82, 2.24) is 10.3 Å². The summed E-state index contributed by atoms with van der Waals surface area (Å²) >= 11 is 0. The first-order valence-electron chi connectivity index (χ1n) is 6.38. The van der Waals surface area contributed by atoms with Crippen LogP contribution < -0.4 is 10.2 Å². The van der Waals surface area contributed by atoms with Crippen LogP contribution in [-0.2, 0) is 0 Å². The summed E-state index contributed by atoms with van der Waals surface area (Å²) in [6.45, 7) is 3.51. The van der Waals surface area contributed by atoms with Crippen LogP contribution in [0.15, 0.2) is 18.3 Å². The van der Waals surface area contributed by atoms with Crippen molar-refractivity contribution in [3.63, 3.8) is 0 Å². The fourth-order valence-electron chi connectivity index (χ4n) is 2.61. The van der Waals surface area contributed by atoms with E-state index in [9.17, 15) is 0 Å². The van der Waals surface area contributed by atoms with Crippen LogP contribution in [0, 0.1) is 0 Å². The van der Waals surface area contributed by atoms with Gasteiger partial charge in [-0.05, 0) is 38.3 Å². The lowest BCUT2D eigenvalue weighted by atomic mass is 9.97. The maximum absolute atomic E-state index is 4.59. The summed E-state index contributed by atoms with van der Waals surface area (Å²) in [7, 11) is 0. The van der Waals surface area contributed by atoms with E-state index in [2.05, 4.69) is 27.3 Å². The van der Waals surface area contributed by atoms with Crippen molar-refractivity contribution < 1.29 is 0 Å². The standard InChI is InChI=1S/C13H19N3/c1-2-9-16(10-3-1)13-11(5-4-7-15-13)12-6-8-14-12/h4-5,7,12,14H,1-3,6,8-10H2. The molecule has 2 saturated heterocycles. The predicted molar refractivity (Wildman–Crippen MR) is 65.7 cm³/mol. The van der Waals surface area contributed by atoms with E-state index in [1.807, 2.05) is 6.20 Å². The van der Waals surface area contributed by atoms with Crippen molar-refractivity contribution in [3.05, 3.63) is 23.9 Å². The van der Waals surface area contributed by atoms with E-state index in [0.717, 1.165) is 6.54 Å². The quantitative estimate of drug-likeness (QED) is 0.822. The zero-order valence-electron chi connectivity index (χ0n) is 9.65. The Labute approximate surface area is 96.9 Å². The molecule has 3 heteroatoms. The van der Waals surface area contributed by atoms with Crippen molar-refractivity contribution in [3.8, 4) is 0 Å². The molecule has 0 spiro atoms. The molecule has 3 heterocycles. The van der Waals surface area contributed by atoms with Crippen LogP contribution in [0.25, 0.3) is 0 Å². The highest BCUT2D eigenvalue weighted by molar-refractivity contribution is 5.49. The fraction of sp³-hybridized carbons (Fsp3) is 0.615. The van der Waals surface area contributed by atoms with Gasteiger partial charge < -0.3 is 10.2 Å². The summed E-state index contributed by atoms with van der Waals surface area (Å²) < 4.78 is 0. The second-order valence-electron chi connectivity index (χ2n) is 4.76. The number of anilines is 1. The van der Waals surface area contributed by atoms with Gasteiger partial charge in [-0.3, -0.25) is 0 Å². The molecule has 16 heavy (non-hydrogen) atoms. The number of aromatic nitrogens is 1. The molecule has 2 fully saturated rings. The third-order valence-corrected chi connectivity index (χ3v) is 3.67. The Balaban J connectivity index is 1.86. The molecular formula is C13H19N3. The highest BCUT2D eigenvalue weighted by atomic mass is 15.2. The van der Waals surface area contributed by atoms with Crippen molar-refractivity contribution in [1.29, 1.82) is 0 Å². The molecule has 1 aromatic heterocycles. The minimum absolute atomic E-state index is 0.547. The topological polar surface area (TPSA) is 28.2 Å². The molecular weight excluding hydrogens is 198 g/mol. The van der Waals surface area contributed by atoms with Crippen molar-refractivity contribution >= 4 is 5.82 Å². The molecule has 0 saturated carbocycles. The third-order valence-electron chi connectivity index (χ3n) is 3.67. The van der Waals surface area contributed by atoms with Crippen LogP contribution in [0.1, 0.15) is 37.3 Å². The van der Waals surface area contributed by atoms with Gasteiger partial charge >= 0.3 is 0 Å². The highest BCUT2D eigenvalue weighted by Crippen LogP contribution is 2.31. The Morgan fingerprint density at radius 1 is 1.25 bits per heavy atom. The minimum atomic E-state index is 0.547. The van der Waals surface area contributed by atoms with Crippen molar-refractivity contribution in [2.24, 2.45) is 0 Å². The van der Waals surface area contributed by atoms with Gasteiger partial charge in [0, 0.05) is 30.9 Å². The summed E-state index contributed by atoms with van der Waals surface area (Å²) in [5.74, 6) is 1.22. The lowest BCUT2D eigenvalue weighted by Crippen LogP contribution is -2.38. The lowest BCUT2D eigenvalue weighted by molar-refractivity contribution is 0.381. The molecule has 3 nitrogen and oxygen atoms in total. The molecule has 1 aromatic rings. The average Bonchev–Trinajstić information content (AvgIpc) is 2.29. The summed E-state index contributed by atoms with van der Waals surface area (Å²) in [4.78, 5) is 7.05. The first kappa shape index (κ1) is 10.1. The van der Waals surface area contributed by atoms with E-state index in [1.165, 1.54) is 50.2 Å². The number of piperidine rings is 1. The molecule has 1 N–H and O–H groups in total. The normalized spacial score (nSPS) is 25.2. The number of rotatable bonds is 2. The van der Waals surface area contributed by atoms with E-state index in [0.29, 0.717) is 6.04 Å². The number of nitrogens with zero attached hydrogens (tertiary/aromatic N) is 2. The smallest absolute Gasteiger partial charge is 0.133 e. The van der Waals surface area contributed by atoms with Gasteiger partial charge in [-0.2, -0.15) is 0 Å². The highest BCUT2D eigenvalue weighted by Gasteiger charge is 2.24. The van der Waals surface area contributed by atoms with E-state index in [-0.39, 0.29) is 0 Å². The molecule has 2 aliphatic heterocycles. The molecule has 1 unspecified atom stereocenters. The molecule has 3 rings (SSSR count). The SMILES string of the molecule is c1cnc(N2CCCCC2)c(C2CCN2)c1. The largest absolute Gasteiger partial charge is 0.356 e. The average molecular weight is 217 g/mol. The Hall–Kier alpha value is -1.09. The first-order chi connectivity index (χ1) is 7.95. The second-order valence-corrected chi connectivity index (χ2v) is 4.76. The molecule has 1 atom stereocenters. The van der Waals surface area contributed by atoms with E-state index in [4.69, 9.17) is 0 Å². The Bertz CT molecular complexity index is 354. The van der Waals surface area contributed by atoms with Crippen LogP contribution in [0.5, 0.6) is 0 Å². The Morgan fingerprint density at radius 3 is 2.75 bits per heavy atom. The number of hydrogen-bond donors (Lipinski definition) is 1. The van der Waals surface area contributed by atoms with Gasteiger partial charge in [-0.25, -0.2) is 4.98 Å². The third kappa shape index (κ3) is 1.80. The fourth-order valence-corrected chi connectivity index (χ4v) is 2.61. The van der Waals surface area contributed by atoms with E-state index in [1.54, 1.807) is 0 Å². The molecule has 0 amide bonds. The lowest BCUT2D eigenvalue weighted by Gasteiger charge is -2.34. The second kappa shape index (κ2) is 4.42. The zero-order chi connectivity index (χ0) is 10.8. The molecule has 0 radical (unpaired) electrons. The van der Waals surface area contributed by atoms with Crippen LogP contribution >= 0.6 is 0 Å². The summed E-state index contributed by atoms with van der Waals surface area (Å²) in [6, 6.07) is 4.84. The van der Waals surface area contributed by atoms with Gasteiger partial charge in [-0.15, -0.1) is 0 Å². The van der Waals surface area contributed by atoms with Gasteiger partial charge in [0.15, 0.2) is 0 Å². The van der Waals surface area contributed by atoms with Crippen LogP contribution in [0.4, 0.5) is 5.82 Å². The van der Waals surface area contributed by atoms with Gasteiger partial charge in [0.1, 0.15) is 5.82 Å². The molecule has 86 valence electrons. The van der Waals surface area contributed by atoms with Gasteiger partial charge in [0.25, 0.3) is 0 Å². The molecule has 0 bridgehead atoms. The van der Waals surface area contributed by atoms with Gasteiger partial charge in [0.2, 0.25) is 0 Å². The van der Waals surface area contributed by atoms with Crippen LogP contribution in [0.3, 0.4) is 0 Å². The number of pyridine rings is 1. The maximum atomic E-state index is 4.59. The van der Waals surface area contributed by atoms with Crippen LogP contribution in [-0.4, -0.2) is 24.6 Å². The van der Waals surface area contributed by atoms with Gasteiger partial charge in [-0.1, -0.05) is 6.07 Å². The number of nitrogens with one attached hydrogen (secondary N) is 1. The summed E-state index contributed by atoms with van der Waals surface area (Å²) in [5, 5.41) is 3.47. The molecule has 0 aromatic carbocycles. The molecule has 2 aliphatic rings. The Kier molecular flexibility index (Phi) is 2.79. The predicted octanol–water partition coefficient (Wildman–Crippen LogP) is 2.11. The monoisotopic (exact) mass is 217 g/mol. The number of hydrogen-bond acceptors (Lipinski definition) is 3.